The van der Waals surface area contributed by atoms with Gasteiger partial charge in [0.2, 0.25) is 0 Å². The number of benzene rings is 3. The van der Waals surface area contributed by atoms with E-state index in [2.05, 4.69) is 15.8 Å². The second kappa shape index (κ2) is 11.5. The number of esters is 1. The highest BCUT2D eigenvalue weighted by atomic mass is 35.5. The topological polar surface area (TPSA) is 106 Å². The van der Waals surface area contributed by atoms with Crippen LogP contribution >= 0.6 is 22.9 Å². The maximum absolute atomic E-state index is 12.8. The van der Waals surface area contributed by atoms with Crippen LogP contribution in [0.3, 0.4) is 0 Å². The number of halogens is 1. The van der Waals surface area contributed by atoms with E-state index in [1.165, 1.54) is 24.7 Å². The van der Waals surface area contributed by atoms with Crippen LogP contribution in [0.5, 0.6) is 11.5 Å². The average molecular weight is 522 g/mol. The van der Waals surface area contributed by atoms with Crippen LogP contribution in [-0.2, 0) is 4.79 Å². The van der Waals surface area contributed by atoms with Gasteiger partial charge in [-0.3, -0.25) is 9.59 Å². The van der Waals surface area contributed by atoms with Crippen LogP contribution in [0.4, 0.5) is 0 Å². The maximum Gasteiger partial charge on any atom is 0.355 e. The molecule has 4 rings (SSSR count). The van der Waals surface area contributed by atoms with E-state index in [4.69, 9.17) is 21.1 Å². The molecule has 10 heteroatoms. The predicted octanol–water partition coefficient (Wildman–Crippen LogP) is 4.66. The van der Waals surface area contributed by atoms with Gasteiger partial charge in [0.05, 0.1) is 24.9 Å². The quantitative estimate of drug-likeness (QED) is 0.152. The molecule has 0 aliphatic carbocycles. The molecule has 0 atom stereocenters. The Hall–Kier alpha value is -4.21. The average Bonchev–Trinajstić information content (AvgIpc) is 3.25. The molecule has 2 N–H and O–H groups in total. The molecule has 0 aliphatic heterocycles. The minimum atomic E-state index is -0.590. The number of nitrogens with zero attached hydrogens (tertiary/aromatic N) is 1. The van der Waals surface area contributed by atoms with Gasteiger partial charge in [0.1, 0.15) is 16.4 Å². The first-order chi connectivity index (χ1) is 17.5. The third-order valence-corrected chi connectivity index (χ3v) is 6.65. The van der Waals surface area contributed by atoms with Gasteiger partial charge in [0, 0.05) is 21.2 Å². The lowest BCUT2D eigenvalue weighted by Gasteiger charge is -2.07. The number of rotatable bonds is 8. The molecule has 1 heterocycles. The highest BCUT2D eigenvalue weighted by Crippen LogP contribution is 2.36. The lowest BCUT2D eigenvalue weighted by molar-refractivity contribution is -0.120. The summed E-state index contributed by atoms with van der Waals surface area (Å²) in [5.74, 6) is -0.653. The van der Waals surface area contributed by atoms with Crippen molar-refractivity contribution >= 4 is 57.0 Å². The van der Waals surface area contributed by atoms with Crippen molar-refractivity contribution in [3.63, 3.8) is 0 Å². The summed E-state index contributed by atoms with van der Waals surface area (Å²) < 4.78 is 11.5. The fourth-order valence-electron chi connectivity index (χ4n) is 3.19. The Morgan fingerprint density at radius 2 is 1.72 bits per heavy atom. The Morgan fingerprint density at radius 3 is 2.47 bits per heavy atom. The summed E-state index contributed by atoms with van der Waals surface area (Å²) in [6, 6.07) is 20.7. The molecule has 0 saturated heterocycles. The number of hydrogen-bond donors (Lipinski definition) is 2. The van der Waals surface area contributed by atoms with Gasteiger partial charge in [-0.2, -0.15) is 5.10 Å². The molecule has 0 aliphatic rings. The zero-order valence-electron chi connectivity index (χ0n) is 19.0. The molecule has 0 spiro atoms. The van der Waals surface area contributed by atoms with E-state index >= 15 is 0 Å². The molecule has 182 valence electrons. The second-order valence-corrected chi connectivity index (χ2v) is 8.80. The minimum Gasteiger partial charge on any atom is -0.497 e. The summed E-state index contributed by atoms with van der Waals surface area (Å²) in [7, 11) is 1.53. The first kappa shape index (κ1) is 24.9. The molecule has 36 heavy (non-hydrogen) atoms. The smallest absolute Gasteiger partial charge is 0.355 e. The molecule has 0 radical (unpaired) electrons. The van der Waals surface area contributed by atoms with Crippen LogP contribution in [0.2, 0.25) is 5.02 Å². The third kappa shape index (κ3) is 5.88. The first-order valence-electron chi connectivity index (χ1n) is 10.7. The highest BCUT2D eigenvalue weighted by molar-refractivity contribution is 7.21. The number of nitrogens with one attached hydrogen (secondary N) is 2. The molecule has 0 bridgehead atoms. The highest BCUT2D eigenvalue weighted by Gasteiger charge is 2.19. The number of carbonyl (C=O) groups excluding carboxylic acids is 3. The van der Waals surface area contributed by atoms with Crippen molar-refractivity contribution in [2.45, 2.75) is 0 Å². The Labute approximate surface area is 215 Å². The molecule has 4 aromatic rings. The lowest BCUT2D eigenvalue weighted by Crippen LogP contribution is -2.34. The van der Waals surface area contributed by atoms with Crippen LogP contribution in [0, 0.1) is 0 Å². The number of thiophene rings is 1. The van der Waals surface area contributed by atoms with E-state index in [-0.39, 0.29) is 12.3 Å². The van der Waals surface area contributed by atoms with Crippen LogP contribution < -0.4 is 20.2 Å². The third-order valence-electron chi connectivity index (χ3n) is 5.00. The van der Waals surface area contributed by atoms with Gasteiger partial charge < -0.3 is 14.8 Å². The molecule has 2 amide bonds. The van der Waals surface area contributed by atoms with Gasteiger partial charge in [-0.25, -0.2) is 10.2 Å². The Balaban J connectivity index is 1.34. The van der Waals surface area contributed by atoms with E-state index in [1.807, 2.05) is 24.3 Å². The summed E-state index contributed by atoms with van der Waals surface area (Å²) in [5, 5.41) is 7.54. The van der Waals surface area contributed by atoms with Crippen molar-refractivity contribution in [2.24, 2.45) is 5.10 Å². The van der Waals surface area contributed by atoms with Crippen molar-refractivity contribution in [1.29, 1.82) is 0 Å². The SMILES string of the molecule is COc1ccc(C(=O)NCC(=O)N/N=C/c2ccccc2OC(=O)c2sc3ccccc3c2Cl)cc1. The predicted molar refractivity (Wildman–Crippen MR) is 139 cm³/mol. The maximum atomic E-state index is 12.8. The Morgan fingerprint density at radius 1 is 1.00 bits per heavy atom. The lowest BCUT2D eigenvalue weighted by atomic mass is 10.2. The molecular formula is C26H20ClN3O5S. The summed E-state index contributed by atoms with van der Waals surface area (Å²) >= 11 is 7.63. The fourth-order valence-corrected chi connectivity index (χ4v) is 4.57. The van der Waals surface area contributed by atoms with Crippen LogP contribution in [0.25, 0.3) is 10.1 Å². The normalized spacial score (nSPS) is 10.8. The summed E-state index contributed by atoms with van der Waals surface area (Å²) in [4.78, 5) is 37.3. The van der Waals surface area contributed by atoms with Crippen molar-refractivity contribution in [1.82, 2.24) is 10.7 Å². The number of ether oxygens (including phenoxy) is 2. The number of fused-ring (bicyclic) bond motifs is 1. The molecular weight excluding hydrogens is 502 g/mol. The van der Waals surface area contributed by atoms with Gasteiger partial charge in [0.25, 0.3) is 11.8 Å². The number of hydrogen-bond acceptors (Lipinski definition) is 7. The van der Waals surface area contributed by atoms with Crippen molar-refractivity contribution in [2.75, 3.05) is 13.7 Å². The molecule has 0 fully saturated rings. The van der Waals surface area contributed by atoms with Crippen LogP contribution in [0.1, 0.15) is 25.6 Å². The van der Waals surface area contributed by atoms with Crippen molar-refractivity contribution in [3.8, 4) is 11.5 Å². The zero-order chi connectivity index (χ0) is 25.5. The van der Waals surface area contributed by atoms with Gasteiger partial charge >= 0.3 is 5.97 Å². The van der Waals surface area contributed by atoms with Gasteiger partial charge in [-0.05, 0) is 42.5 Å². The zero-order valence-corrected chi connectivity index (χ0v) is 20.6. The summed E-state index contributed by atoms with van der Waals surface area (Å²) in [5.41, 5.74) is 3.19. The van der Waals surface area contributed by atoms with Crippen molar-refractivity contribution in [3.05, 3.63) is 93.8 Å². The Bertz CT molecular complexity index is 1450. The number of hydrazone groups is 1. The van der Waals surface area contributed by atoms with E-state index in [0.29, 0.717) is 26.8 Å². The molecule has 0 unspecified atom stereocenters. The van der Waals surface area contributed by atoms with Gasteiger partial charge in [-0.1, -0.05) is 41.9 Å². The molecule has 8 nitrogen and oxygen atoms in total. The molecule has 1 aromatic heterocycles. The van der Waals surface area contributed by atoms with Gasteiger partial charge in [0.15, 0.2) is 0 Å². The van der Waals surface area contributed by atoms with Crippen LogP contribution in [0.15, 0.2) is 77.9 Å². The van der Waals surface area contributed by atoms with E-state index < -0.39 is 17.8 Å². The second-order valence-electron chi connectivity index (χ2n) is 7.37. The summed E-state index contributed by atoms with van der Waals surface area (Å²) in [6.45, 7) is -0.275. The van der Waals surface area contributed by atoms with E-state index in [1.54, 1.807) is 48.5 Å². The number of methoxy groups -OCH3 is 1. The van der Waals surface area contributed by atoms with E-state index in [9.17, 15) is 14.4 Å². The molecule has 0 saturated carbocycles. The summed E-state index contributed by atoms with van der Waals surface area (Å²) in [6.07, 6.45) is 1.35. The minimum absolute atomic E-state index is 0.252. The molecule has 3 aromatic carbocycles. The fraction of sp³-hybridized carbons (Fsp3) is 0.0769. The monoisotopic (exact) mass is 521 g/mol. The van der Waals surface area contributed by atoms with Crippen LogP contribution in [-0.4, -0.2) is 37.7 Å². The number of para-hydroxylation sites is 1. The van der Waals surface area contributed by atoms with E-state index in [0.717, 1.165) is 10.1 Å². The Kier molecular flexibility index (Phi) is 7.94. The standard InChI is InChI=1S/C26H20ClN3O5S/c1-34-18-12-10-16(11-13-18)25(32)28-15-22(31)30-29-14-17-6-2-4-8-20(17)35-26(33)24-23(27)19-7-3-5-9-21(19)36-24/h2-14H,15H2,1H3,(H,28,32)(H,30,31)/b29-14+. The first-order valence-corrected chi connectivity index (χ1v) is 11.9. The number of carbonyl (C=O) groups is 3. The number of amides is 2. The van der Waals surface area contributed by atoms with Gasteiger partial charge in [-0.15, -0.1) is 11.3 Å². The largest absolute Gasteiger partial charge is 0.497 e. The van der Waals surface area contributed by atoms with Crippen molar-refractivity contribution < 1.29 is 23.9 Å².